The van der Waals surface area contributed by atoms with Crippen LogP contribution in [0.25, 0.3) is 0 Å². The molecule has 2 N–H and O–H groups in total. The van der Waals surface area contributed by atoms with Crippen molar-refractivity contribution in [3.63, 3.8) is 0 Å². The maximum absolute atomic E-state index is 12.0. The number of ether oxygens (including phenoxy) is 1. The van der Waals surface area contributed by atoms with Gasteiger partial charge in [0.15, 0.2) is 5.96 Å². The normalized spacial score (nSPS) is 18.1. The van der Waals surface area contributed by atoms with E-state index < -0.39 is 0 Å². The second kappa shape index (κ2) is 13.2. The van der Waals surface area contributed by atoms with Crippen LogP contribution in [0, 0.1) is 5.41 Å². The molecule has 1 aromatic rings. The summed E-state index contributed by atoms with van der Waals surface area (Å²) < 4.78 is 5.41. The fraction of sp³-hybridized carbons (Fsp3) is 0.652. The molecular weight excluding hydrogens is 505 g/mol. The number of nitrogens with zero attached hydrogens (tertiary/aromatic N) is 3. The smallest absolute Gasteiger partial charge is 0.243 e. The maximum atomic E-state index is 12.0. The first-order valence-corrected chi connectivity index (χ1v) is 11.1. The summed E-state index contributed by atoms with van der Waals surface area (Å²) >= 11 is 0. The van der Waals surface area contributed by atoms with E-state index in [1.165, 1.54) is 18.4 Å². The zero-order chi connectivity index (χ0) is 21.2. The van der Waals surface area contributed by atoms with Crippen molar-refractivity contribution in [1.82, 2.24) is 20.4 Å². The van der Waals surface area contributed by atoms with Gasteiger partial charge >= 0.3 is 0 Å². The second-order valence-corrected chi connectivity index (χ2v) is 8.70. The number of likely N-dealkylation sites (N-methyl/N-ethyl adjacent to an activating group) is 1. The Bertz CT molecular complexity index is 688. The van der Waals surface area contributed by atoms with Gasteiger partial charge in [0, 0.05) is 40.3 Å². The lowest BCUT2D eigenvalue weighted by Gasteiger charge is -2.26. The lowest BCUT2D eigenvalue weighted by Crippen LogP contribution is -2.43. The van der Waals surface area contributed by atoms with E-state index in [1.54, 1.807) is 19.0 Å². The molecule has 0 aromatic heterocycles. The number of guanidine groups is 1. The van der Waals surface area contributed by atoms with Gasteiger partial charge in [-0.1, -0.05) is 30.3 Å². The SMILES string of the molecule is CN(C)C(=O)CN=C(NCCCN1CCOCC1)NCC1(Cc2ccccc2)CC1.I. The quantitative estimate of drug-likeness (QED) is 0.205. The van der Waals surface area contributed by atoms with Crippen molar-refractivity contribution in [2.24, 2.45) is 10.4 Å². The number of morpholine rings is 1. The van der Waals surface area contributed by atoms with E-state index in [9.17, 15) is 4.79 Å². The number of rotatable bonds is 10. The van der Waals surface area contributed by atoms with Crippen molar-refractivity contribution >= 4 is 35.8 Å². The van der Waals surface area contributed by atoms with Crippen molar-refractivity contribution < 1.29 is 9.53 Å². The van der Waals surface area contributed by atoms with Gasteiger partial charge in [0.1, 0.15) is 6.54 Å². The fourth-order valence-corrected chi connectivity index (χ4v) is 3.69. The third-order valence-corrected chi connectivity index (χ3v) is 5.93. The predicted octanol–water partition coefficient (Wildman–Crippen LogP) is 1.97. The highest BCUT2D eigenvalue weighted by Gasteiger charge is 2.42. The summed E-state index contributed by atoms with van der Waals surface area (Å²) in [6, 6.07) is 10.7. The van der Waals surface area contributed by atoms with Crippen LogP contribution in [0.3, 0.4) is 0 Å². The molecule has 3 rings (SSSR count). The van der Waals surface area contributed by atoms with E-state index in [1.807, 2.05) is 0 Å². The molecule has 174 valence electrons. The number of nitrogens with one attached hydrogen (secondary N) is 2. The van der Waals surface area contributed by atoms with E-state index in [0.717, 1.165) is 64.7 Å². The van der Waals surface area contributed by atoms with Crippen LogP contribution < -0.4 is 10.6 Å². The van der Waals surface area contributed by atoms with Gasteiger partial charge in [0.05, 0.1) is 13.2 Å². The number of hydrogen-bond acceptors (Lipinski definition) is 4. The Kier molecular flexibility index (Phi) is 11.0. The summed E-state index contributed by atoms with van der Waals surface area (Å²) in [5, 5.41) is 6.94. The van der Waals surface area contributed by atoms with Crippen LogP contribution in [0.5, 0.6) is 0 Å². The number of carbonyl (C=O) groups is 1. The van der Waals surface area contributed by atoms with Crippen molar-refractivity contribution in [2.75, 3.05) is 66.6 Å². The Balaban J connectivity index is 0.00000341. The molecule has 8 heteroatoms. The van der Waals surface area contributed by atoms with Crippen molar-refractivity contribution in [2.45, 2.75) is 25.7 Å². The van der Waals surface area contributed by atoms with Crippen LogP contribution in [-0.4, -0.2) is 88.2 Å². The van der Waals surface area contributed by atoms with Gasteiger partial charge in [-0.25, -0.2) is 4.99 Å². The predicted molar refractivity (Wildman–Crippen MR) is 136 cm³/mol. The van der Waals surface area contributed by atoms with Crippen LogP contribution in [0.15, 0.2) is 35.3 Å². The van der Waals surface area contributed by atoms with Gasteiger partial charge in [0.25, 0.3) is 0 Å². The molecule has 0 atom stereocenters. The lowest BCUT2D eigenvalue weighted by atomic mass is 9.96. The largest absolute Gasteiger partial charge is 0.379 e. The average molecular weight is 543 g/mol. The second-order valence-electron chi connectivity index (χ2n) is 8.70. The van der Waals surface area contributed by atoms with Gasteiger partial charge in [-0.2, -0.15) is 0 Å². The molecule has 0 spiro atoms. The summed E-state index contributed by atoms with van der Waals surface area (Å²) in [6.45, 7) is 6.63. The first kappa shape index (κ1) is 25.9. The topological polar surface area (TPSA) is 69.2 Å². The van der Waals surface area contributed by atoms with Gasteiger partial charge in [0.2, 0.25) is 5.91 Å². The third kappa shape index (κ3) is 9.33. The van der Waals surface area contributed by atoms with Gasteiger partial charge in [-0.15, -0.1) is 24.0 Å². The van der Waals surface area contributed by atoms with Gasteiger partial charge in [-0.3, -0.25) is 9.69 Å². The molecule has 2 aliphatic rings. The Morgan fingerprint density at radius 3 is 2.52 bits per heavy atom. The standard InChI is InChI=1S/C23H37N5O2.HI/c1-27(2)21(29)18-25-22(24-11-6-12-28-13-15-30-16-14-28)26-19-23(9-10-23)17-20-7-4-3-5-8-20;/h3-5,7-8H,6,9-19H2,1-2H3,(H2,24,25,26);1H. The minimum Gasteiger partial charge on any atom is -0.379 e. The average Bonchev–Trinajstić information content (AvgIpc) is 3.53. The van der Waals surface area contributed by atoms with Crippen LogP contribution in [0.4, 0.5) is 0 Å². The molecule has 0 unspecified atom stereocenters. The molecule has 7 nitrogen and oxygen atoms in total. The molecule has 1 aliphatic carbocycles. The van der Waals surface area contributed by atoms with E-state index in [-0.39, 0.29) is 36.4 Å². The fourth-order valence-electron chi connectivity index (χ4n) is 3.69. The highest BCUT2D eigenvalue weighted by Crippen LogP contribution is 2.47. The molecule has 31 heavy (non-hydrogen) atoms. The first-order valence-electron chi connectivity index (χ1n) is 11.1. The number of benzene rings is 1. The molecule has 1 aliphatic heterocycles. The van der Waals surface area contributed by atoms with Crippen molar-refractivity contribution in [1.29, 1.82) is 0 Å². The van der Waals surface area contributed by atoms with Gasteiger partial charge in [-0.05, 0) is 43.2 Å². The van der Waals surface area contributed by atoms with E-state index >= 15 is 0 Å². The monoisotopic (exact) mass is 543 g/mol. The maximum Gasteiger partial charge on any atom is 0.243 e. The summed E-state index contributed by atoms with van der Waals surface area (Å²) in [6.07, 6.45) is 4.59. The molecule has 0 bridgehead atoms. The van der Waals surface area contributed by atoms with E-state index in [2.05, 4.69) is 50.9 Å². The highest BCUT2D eigenvalue weighted by atomic mass is 127. The van der Waals surface area contributed by atoms with E-state index in [0.29, 0.717) is 5.41 Å². The first-order chi connectivity index (χ1) is 14.6. The number of halogens is 1. The van der Waals surface area contributed by atoms with Crippen LogP contribution in [0.2, 0.25) is 0 Å². The summed E-state index contributed by atoms with van der Waals surface area (Å²) in [5.74, 6) is 0.751. The minimum absolute atomic E-state index is 0. The Morgan fingerprint density at radius 1 is 1.16 bits per heavy atom. The Labute approximate surface area is 204 Å². The molecule has 2 fully saturated rings. The van der Waals surface area contributed by atoms with Crippen molar-refractivity contribution in [3.05, 3.63) is 35.9 Å². The minimum atomic E-state index is 0. The summed E-state index contributed by atoms with van der Waals surface area (Å²) in [4.78, 5) is 20.5. The number of carbonyl (C=O) groups excluding carboxylic acids is 1. The third-order valence-electron chi connectivity index (χ3n) is 5.93. The van der Waals surface area contributed by atoms with Crippen molar-refractivity contribution in [3.8, 4) is 0 Å². The lowest BCUT2D eigenvalue weighted by molar-refractivity contribution is -0.127. The van der Waals surface area contributed by atoms with Crippen LogP contribution >= 0.6 is 24.0 Å². The highest BCUT2D eigenvalue weighted by molar-refractivity contribution is 14.0. The molecule has 1 saturated heterocycles. The number of hydrogen-bond donors (Lipinski definition) is 2. The number of aliphatic imine (C=N–C) groups is 1. The van der Waals surface area contributed by atoms with Crippen LogP contribution in [0.1, 0.15) is 24.8 Å². The van der Waals surface area contributed by atoms with Gasteiger partial charge < -0.3 is 20.3 Å². The molecule has 1 saturated carbocycles. The van der Waals surface area contributed by atoms with E-state index in [4.69, 9.17) is 4.74 Å². The summed E-state index contributed by atoms with van der Waals surface area (Å²) in [7, 11) is 3.53. The number of amides is 1. The molecule has 0 radical (unpaired) electrons. The molecule has 1 aromatic carbocycles. The van der Waals surface area contributed by atoms with Crippen LogP contribution in [-0.2, 0) is 16.0 Å². The summed E-state index contributed by atoms with van der Waals surface area (Å²) in [5.41, 5.74) is 1.69. The Hall–Kier alpha value is -1.39. The zero-order valence-corrected chi connectivity index (χ0v) is 21.3. The molecular formula is C23H38IN5O2. The molecule has 1 heterocycles. The zero-order valence-electron chi connectivity index (χ0n) is 18.9. The molecule has 1 amide bonds. The Morgan fingerprint density at radius 2 is 1.87 bits per heavy atom.